The Kier molecular flexibility index (Phi) is 7.11. The normalized spacial score (nSPS) is 20.7. The number of nitrogens with zero attached hydrogens (tertiary/aromatic N) is 3. The molecule has 1 fully saturated rings. The van der Waals surface area contributed by atoms with Gasteiger partial charge in [-0.2, -0.15) is 5.10 Å². The summed E-state index contributed by atoms with van der Waals surface area (Å²) in [4.78, 5) is 28.7. The summed E-state index contributed by atoms with van der Waals surface area (Å²) < 4.78 is 17.6. The summed E-state index contributed by atoms with van der Waals surface area (Å²) in [6, 6.07) is 7.43. The average Bonchev–Trinajstić information content (AvgIpc) is 3.28. The van der Waals surface area contributed by atoms with Gasteiger partial charge in [-0.15, -0.1) is 0 Å². The number of benzene rings is 1. The first-order chi connectivity index (χ1) is 16.4. The molecule has 0 saturated heterocycles. The predicted octanol–water partition coefficient (Wildman–Crippen LogP) is 2.88. The van der Waals surface area contributed by atoms with E-state index in [1.54, 1.807) is 43.0 Å². The maximum Gasteiger partial charge on any atom is 0.273 e. The van der Waals surface area contributed by atoms with Crippen LogP contribution in [0.25, 0.3) is 11.3 Å². The molecule has 9 nitrogen and oxygen atoms in total. The first-order valence-electron chi connectivity index (χ1n) is 11.8. The van der Waals surface area contributed by atoms with E-state index in [4.69, 9.17) is 19.3 Å². The van der Waals surface area contributed by atoms with Crippen LogP contribution in [0.4, 0.5) is 0 Å². The van der Waals surface area contributed by atoms with Crippen molar-refractivity contribution in [2.45, 2.75) is 57.2 Å². The molecule has 1 atom stereocenters. The molecule has 2 aliphatic rings. The number of carbonyl (C=O) groups excluding carboxylic acids is 2. The standard InChI is InChI=1S/C25H34N4O5/c1-25(24(31)26-18-8-6-5-7-9-18)16-29-20(23(30)28(25)12-13-32-2)15-19(27-29)17-10-11-21(33-3)22(14-17)34-4/h10-11,14-15,18H,5-9,12-13,16H2,1-4H3,(H,26,31)/t25-/m0/s1. The van der Waals surface area contributed by atoms with Gasteiger partial charge in [-0.1, -0.05) is 19.3 Å². The Morgan fingerprint density at radius 1 is 1.12 bits per heavy atom. The molecule has 1 aliphatic heterocycles. The Morgan fingerprint density at radius 3 is 2.53 bits per heavy atom. The lowest BCUT2D eigenvalue weighted by atomic mass is 9.91. The third-order valence-corrected chi connectivity index (χ3v) is 6.93. The second kappa shape index (κ2) is 10.0. The van der Waals surface area contributed by atoms with Gasteiger partial charge in [0.25, 0.3) is 5.91 Å². The molecule has 0 spiro atoms. The zero-order valence-electron chi connectivity index (χ0n) is 20.4. The zero-order chi connectivity index (χ0) is 24.3. The van der Waals surface area contributed by atoms with Crippen molar-refractivity contribution < 1.29 is 23.8 Å². The largest absolute Gasteiger partial charge is 0.493 e. The fourth-order valence-corrected chi connectivity index (χ4v) is 4.90. The number of nitrogens with one attached hydrogen (secondary N) is 1. The third-order valence-electron chi connectivity index (χ3n) is 6.93. The molecule has 1 saturated carbocycles. The molecular formula is C25H34N4O5. The minimum Gasteiger partial charge on any atom is -0.493 e. The number of amides is 2. The highest BCUT2D eigenvalue weighted by Gasteiger charge is 2.48. The van der Waals surface area contributed by atoms with Crippen molar-refractivity contribution in [3.05, 3.63) is 30.0 Å². The number of aromatic nitrogens is 2. The number of rotatable bonds is 8. The summed E-state index contributed by atoms with van der Waals surface area (Å²) in [6.07, 6.45) is 5.39. The summed E-state index contributed by atoms with van der Waals surface area (Å²) in [5.41, 5.74) is 0.807. The molecule has 2 heterocycles. The van der Waals surface area contributed by atoms with Crippen molar-refractivity contribution in [2.24, 2.45) is 0 Å². The van der Waals surface area contributed by atoms with Crippen LogP contribution >= 0.6 is 0 Å². The lowest BCUT2D eigenvalue weighted by molar-refractivity contribution is -0.134. The van der Waals surface area contributed by atoms with Crippen molar-refractivity contribution in [2.75, 3.05) is 34.5 Å². The molecule has 9 heteroatoms. The van der Waals surface area contributed by atoms with E-state index in [1.165, 1.54) is 6.42 Å². The molecule has 0 bridgehead atoms. The zero-order valence-corrected chi connectivity index (χ0v) is 20.4. The lowest BCUT2D eigenvalue weighted by Crippen LogP contribution is -2.65. The van der Waals surface area contributed by atoms with Gasteiger partial charge in [0.1, 0.15) is 11.2 Å². The first-order valence-corrected chi connectivity index (χ1v) is 11.8. The van der Waals surface area contributed by atoms with Crippen LogP contribution in [0.5, 0.6) is 11.5 Å². The maximum atomic E-state index is 13.6. The quantitative estimate of drug-likeness (QED) is 0.638. The van der Waals surface area contributed by atoms with Crippen LogP contribution in [0, 0.1) is 0 Å². The van der Waals surface area contributed by atoms with E-state index in [9.17, 15) is 9.59 Å². The van der Waals surface area contributed by atoms with E-state index in [1.807, 2.05) is 19.1 Å². The number of methoxy groups -OCH3 is 3. The van der Waals surface area contributed by atoms with E-state index in [0.29, 0.717) is 36.0 Å². The molecule has 2 aromatic rings. The van der Waals surface area contributed by atoms with Crippen molar-refractivity contribution in [1.82, 2.24) is 20.0 Å². The van der Waals surface area contributed by atoms with E-state index < -0.39 is 5.54 Å². The fourth-order valence-electron chi connectivity index (χ4n) is 4.90. The molecule has 0 radical (unpaired) electrons. The van der Waals surface area contributed by atoms with Gasteiger partial charge in [0.05, 0.1) is 33.1 Å². The highest BCUT2D eigenvalue weighted by molar-refractivity contribution is 6.00. The molecule has 1 aliphatic carbocycles. The molecule has 184 valence electrons. The Balaban J connectivity index is 1.66. The van der Waals surface area contributed by atoms with Crippen molar-refractivity contribution in [3.63, 3.8) is 0 Å². The third kappa shape index (κ3) is 4.49. The second-order valence-electron chi connectivity index (χ2n) is 9.17. The SMILES string of the molecule is COCCN1C(=O)c2cc(-c3ccc(OC)c(OC)c3)nn2C[C@@]1(C)C(=O)NC1CCCCC1. The van der Waals surface area contributed by atoms with Crippen molar-refractivity contribution >= 4 is 11.8 Å². The minimum atomic E-state index is -1.07. The van der Waals surface area contributed by atoms with Gasteiger partial charge in [0.2, 0.25) is 5.91 Å². The van der Waals surface area contributed by atoms with E-state index in [-0.39, 0.29) is 24.4 Å². The molecule has 1 N–H and O–H groups in total. The summed E-state index contributed by atoms with van der Waals surface area (Å²) in [5, 5.41) is 7.91. The monoisotopic (exact) mass is 470 g/mol. The molecular weight excluding hydrogens is 436 g/mol. The van der Waals surface area contributed by atoms with Crippen LogP contribution in [0.1, 0.15) is 49.5 Å². The summed E-state index contributed by atoms with van der Waals surface area (Å²) >= 11 is 0. The number of carbonyl (C=O) groups is 2. The molecule has 0 unspecified atom stereocenters. The smallest absolute Gasteiger partial charge is 0.273 e. The molecule has 2 amide bonds. The van der Waals surface area contributed by atoms with Crippen LogP contribution < -0.4 is 14.8 Å². The molecule has 1 aromatic carbocycles. The van der Waals surface area contributed by atoms with Crippen LogP contribution in [0.3, 0.4) is 0 Å². The fraction of sp³-hybridized carbons (Fsp3) is 0.560. The minimum absolute atomic E-state index is 0.141. The Bertz CT molecular complexity index is 1050. The Morgan fingerprint density at radius 2 is 1.85 bits per heavy atom. The topological polar surface area (TPSA) is 94.9 Å². The lowest BCUT2D eigenvalue weighted by Gasteiger charge is -2.44. The molecule has 4 rings (SSSR count). The number of hydrogen-bond donors (Lipinski definition) is 1. The predicted molar refractivity (Wildman–Crippen MR) is 127 cm³/mol. The molecule has 1 aromatic heterocycles. The van der Waals surface area contributed by atoms with Gasteiger partial charge in [-0.3, -0.25) is 14.3 Å². The Hall–Kier alpha value is -3.07. The highest BCUT2D eigenvalue weighted by atomic mass is 16.5. The van der Waals surface area contributed by atoms with Gasteiger partial charge in [0, 0.05) is 25.3 Å². The summed E-state index contributed by atoms with van der Waals surface area (Å²) in [6.45, 7) is 2.75. The van der Waals surface area contributed by atoms with Gasteiger partial charge in [-0.05, 0) is 44.0 Å². The summed E-state index contributed by atoms with van der Waals surface area (Å²) in [7, 11) is 4.75. The number of ether oxygens (including phenoxy) is 3. The van der Waals surface area contributed by atoms with Gasteiger partial charge in [0.15, 0.2) is 11.5 Å². The molecule has 34 heavy (non-hydrogen) atoms. The van der Waals surface area contributed by atoms with E-state index in [0.717, 1.165) is 31.2 Å². The summed E-state index contributed by atoms with van der Waals surface area (Å²) in [5.74, 6) is 0.821. The number of fused-ring (bicyclic) bond motifs is 1. The van der Waals surface area contributed by atoms with Gasteiger partial charge >= 0.3 is 0 Å². The van der Waals surface area contributed by atoms with Crippen LogP contribution in [-0.2, 0) is 16.1 Å². The Labute approximate surface area is 200 Å². The van der Waals surface area contributed by atoms with E-state index in [2.05, 4.69) is 5.32 Å². The van der Waals surface area contributed by atoms with Crippen molar-refractivity contribution in [1.29, 1.82) is 0 Å². The highest BCUT2D eigenvalue weighted by Crippen LogP contribution is 2.34. The van der Waals surface area contributed by atoms with Crippen molar-refractivity contribution in [3.8, 4) is 22.8 Å². The maximum absolute atomic E-state index is 13.6. The first kappa shape index (κ1) is 24.1. The van der Waals surface area contributed by atoms with Gasteiger partial charge < -0.3 is 24.4 Å². The van der Waals surface area contributed by atoms with Gasteiger partial charge in [-0.25, -0.2) is 0 Å². The van der Waals surface area contributed by atoms with Crippen LogP contribution in [-0.4, -0.2) is 72.6 Å². The average molecular weight is 471 g/mol. The van der Waals surface area contributed by atoms with Crippen LogP contribution in [0.2, 0.25) is 0 Å². The van der Waals surface area contributed by atoms with E-state index >= 15 is 0 Å². The number of hydrogen-bond acceptors (Lipinski definition) is 6. The second-order valence-corrected chi connectivity index (χ2v) is 9.17. The van der Waals surface area contributed by atoms with Crippen LogP contribution in [0.15, 0.2) is 24.3 Å².